The van der Waals surface area contributed by atoms with Crippen LogP contribution in [-0.4, -0.2) is 62.1 Å². The number of nitrogens with zero attached hydrogens (tertiary/aromatic N) is 6. The second-order valence-corrected chi connectivity index (χ2v) is 28.2. The van der Waals surface area contributed by atoms with Crippen LogP contribution in [-0.2, 0) is 87.7 Å². The Morgan fingerprint density at radius 1 is 0.393 bits per heavy atom. The molecule has 0 fully saturated rings. The number of aromatic nitrogens is 6. The SMILES string of the molecule is Cc1ccccc1C(C[n+]1ccn(CCCOc2cccc(Cl)c2)c1)OCc1ccccc1.Cc1ccccc1C(C[n+]1ccn(CCCOc2cccc(Cl)c2)c1)OCc1ccccc1.Cc1ccccc1C(C[n+]1ccn(CCCOc2cccc(Cl)c2)c1)OCc1ccccc1.O=C([O-])CC(O)(CC(=O)[O-])C(=O)[O-]. The minimum absolute atomic E-state index is 0.0292. The summed E-state index contributed by atoms with van der Waals surface area (Å²) in [5.41, 5.74) is 7.97. The molecule has 0 spiro atoms. The normalized spacial score (nSPS) is 11.8. The molecule has 3 unspecified atom stereocenters. The number of hydrogen-bond donors (Lipinski definition) is 1. The molecule has 0 aliphatic heterocycles. The number of rotatable bonds is 38. The van der Waals surface area contributed by atoms with Crippen molar-refractivity contribution in [2.45, 2.75) is 136 Å². The molecule has 0 bridgehead atoms. The molecule has 12 aromatic rings. The molecule has 0 saturated heterocycles. The monoisotopic (exact) mass is 1570 g/mol. The van der Waals surface area contributed by atoms with Crippen molar-refractivity contribution in [3.63, 3.8) is 0 Å². The number of hydrogen-bond acceptors (Lipinski definition) is 13. The lowest BCUT2D eigenvalue weighted by Gasteiger charge is -2.29. The van der Waals surface area contributed by atoms with Crippen LogP contribution < -0.4 is 43.2 Å². The van der Waals surface area contributed by atoms with Gasteiger partial charge in [0, 0.05) is 59.1 Å². The van der Waals surface area contributed by atoms with Gasteiger partial charge in [0.2, 0.25) is 19.0 Å². The van der Waals surface area contributed by atoms with E-state index in [1.807, 2.05) is 127 Å². The number of carbonyl (C=O) groups excluding carboxylic acids is 3. The lowest BCUT2D eigenvalue weighted by Crippen LogP contribution is -2.54. The highest BCUT2D eigenvalue weighted by atomic mass is 35.5. The number of imidazole rings is 3. The predicted octanol–water partition coefficient (Wildman–Crippen LogP) is 13.2. The fourth-order valence-corrected chi connectivity index (χ4v) is 12.7. The average molecular weight is 1580 g/mol. The number of carboxylic acid groups (broad SMARTS) is 3. The van der Waals surface area contributed by atoms with E-state index in [2.05, 4.69) is 214 Å². The molecule has 0 amide bonds. The average Bonchev–Trinajstić information content (AvgIpc) is 1.59. The molecule has 22 heteroatoms. The Labute approximate surface area is 670 Å². The maximum atomic E-state index is 10.1. The summed E-state index contributed by atoms with van der Waals surface area (Å²) in [4.78, 5) is 30.0. The van der Waals surface area contributed by atoms with E-state index in [1.54, 1.807) is 0 Å². The van der Waals surface area contributed by atoms with E-state index >= 15 is 0 Å². The molecule has 112 heavy (non-hydrogen) atoms. The van der Waals surface area contributed by atoms with Crippen LogP contribution in [0.4, 0.5) is 0 Å². The third-order valence-electron chi connectivity index (χ3n) is 18.0. The maximum absolute atomic E-state index is 10.1. The highest BCUT2D eigenvalue weighted by Crippen LogP contribution is 2.28. The molecule has 0 aliphatic rings. The first-order valence-corrected chi connectivity index (χ1v) is 38.2. The fourth-order valence-electron chi connectivity index (χ4n) is 12.2. The van der Waals surface area contributed by atoms with Gasteiger partial charge in [0.1, 0.15) is 98.0 Å². The van der Waals surface area contributed by atoms with E-state index in [0.717, 1.165) is 75.8 Å². The highest BCUT2D eigenvalue weighted by Gasteiger charge is 2.29. The van der Waals surface area contributed by atoms with E-state index in [4.69, 9.17) is 68.3 Å². The Hall–Kier alpha value is -10.9. The number of benzene rings is 9. The second kappa shape index (κ2) is 45.5. The molecular weight excluding hydrogens is 1480 g/mol. The molecule has 12 rings (SSSR count). The van der Waals surface area contributed by atoms with Crippen molar-refractivity contribution < 1.29 is 76.9 Å². The van der Waals surface area contributed by atoms with Gasteiger partial charge in [0.25, 0.3) is 0 Å². The van der Waals surface area contributed by atoms with Crippen LogP contribution in [0.5, 0.6) is 17.2 Å². The van der Waals surface area contributed by atoms with Gasteiger partial charge in [0.15, 0.2) is 0 Å². The highest BCUT2D eigenvalue weighted by molar-refractivity contribution is 6.31. The first-order chi connectivity index (χ1) is 54.3. The van der Waals surface area contributed by atoms with Gasteiger partial charge in [-0.3, -0.25) is 0 Å². The number of halogens is 3. The summed E-state index contributed by atoms with van der Waals surface area (Å²) in [5.74, 6) is -3.56. The Morgan fingerprint density at radius 3 is 0.929 bits per heavy atom. The van der Waals surface area contributed by atoms with Gasteiger partial charge < -0.3 is 63.2 Å². The molecule has 3 heterocycles. The Kier molecular flexibility index (Phi) is 34.6. The van der Waals surface area contributed by atoms with Crippen LogP contribution in [0.25, 0.3) is 0 Å². The van der Waals surface area contributed by atoms with Crippen molar-refractivity contribution in [1.82, 2.24) is 13.7 Å². The molecule has 1 N–H and O–H groups in total. The molecule has 3 aromatic heterocycles. The van der Waals surface area contributed by atoms with E-state index in [9.17, 15) is 29.7 Å². The van der Waals surface area contributed by atoms with Crippen molar-refractivity contribution in [2.24, 2.45) is 0 Å². The van der Waals surface area contributed by atoms with Crippen LogP contribution >= 0.6 is 34.8 Å². The van der Waals surface area contributed by atoms with Crippen LogP contribution in [0.2, 0.25) is 15.1 Å². The Balaban J connectivity index is 0.000000179. The van der Waals surface area contributed by atoms with Crippen LogP contribution in [0, 0.1) is 20.8 Å². The number of ether oxygens (including phenoxy) is 6. The molecule has 0 radical (unpaired) electrons. The van der Waals surface area contributed by atoms with E-state index in [0.29, 0.717) is 54.7 Å². The zero-order valence-electron chi connectivity index (χ0n) is 63.1. The predicted molar refractivity (Wildman–Crippen MR) is 423 cm³/mol. The molecule has 0 saturated carbocycles. The minimum Gasteiger partial charge on any atom is -0.550 e. The van der Waals surface area contributed by atoms with Gasteiger partial charge in [-0.2, -0.15) is 0 Å². The summed E-state index contributed by atoms with van der Waals surface area (Å²) in [6, 6.07) is 78.9. The van der Waals surface area contributed by atoms with Gasteiger partial charge >= 0.3 is 0 Å². The van der Waals surface area contributed by atoms with Gasteiger partial charge in [0.05, 0.1) is 65.2 Å². The minimum atomic E-state index is -2.97. The topological polar surface area (TPSA) is 222 Å². The van der Waals surface area contributed by atoms with Crippen molar-refractivity contribution in [3.05, 3.63) is 358 Å². The number of aliphatic carboxylic acids is 3. The summed E-state index contributed by atoms with van der Waals surface area (Å²) in [7, 11) is 0. The Morgan fingerprint density at radius 2 is 0.670 bits per heavy atom. The van der Waals surface area contributed by atoms with Crippen molar-refractivity contribution in [3.8, 4) is 17.2 Å². The molecular formula is C90H95Cl3N6O13. The van der Waals surface area contributed by atoms with Crippen LogP contribution in [0.15, 0.2) is 293 Å². The smallest absolute Gasteiger partial charge is 0.243 e. The summed E-state index contributed by atoms with van der Waals surface area (Å²) >= 11 is 18.0. The van der Waals surface area contributed by atoms with Crippen molar-refractivity contribution >= 4 is 52.7 Å². The zero-order valence-corrected chi connectivity index (χ0v) is 65.4. The Bertz CT molecular complexity index is 4360. The number of aliphatic hydroxyl groups is 1. The lowest BCUT2D eigenvalue weighted by molar-refractivity contribution is -0.705. The largest absolute Gasteiger partial charge is 0.550 e. The standard InChI is InChI=1S/3C28H30ClN2O2.C6H8O7/c3*1-23-9-5-6-14-27(23)28(33-21-24-10-3-2-4-11-24)20-31-17-16-30(22-31)15-8-18-32-26-13-7-12-25(29)19-26;7-3(8)1-6(13,5(11)12)2-4(9)10/h3*2-7,9-14,16-17,19,22,28H,8,15,18,20-21H2,1H3;13H,1-2H2,(H,7,8)(H,9,10)(H,11,12)/q3*+1;/p-3. The maximum Gasteiger partial charge on any atom is 0.243 e. The zero-order chi connectivity index (χ0) is 79.3. The first-order valence-electron chi connectivity index (χ1n) is 37.1. The quantitative estimate of drug-likeness (QED) is 0.0281. The summed E-state index contributed by atoms with van der Waals surface area (Å²) in [5, 5.41) is 41.0. The second-order valence-electron chi connectivity index (χ2n) is 26.9. The van der Waals surface area contributed by atoms with E-state index < -0.39 is 36.4 Å². The molecule has 19 nitrogen and oxygen atoms in total. The lowest BCUT2D eigenvalue weighted by atomic mass is 9.96. The molecule has 0 aliphatic carbocycles. The summed E-state index contributed by atoms with van der Waals surface area (Å²) in [6.45, 7) is 15.0. The van der Waals surface area contributed by atoms with Gasteiger partial charge in [-0.25, -0.2) is 27.4 Å². The van der Waals surface area contributed by atoms with Gasteiger partial charge in [-0.1, -0.05) is 217 Å². The third kappa shape index (κ3) is 29.7. The molecule has 584 valence electrons. The third-order valence-corrected chi connectivity index (χ3v) is 18.7. The fraction of sp³-hybridized carbons (Fsp3) is 0.267. The number of carboxylic acids is 3. The summed E-state index contributed by atoms with van der Waals surface area (Å²) < 4.78 is 49.8. The summed E-state index contributed by atoms with van der Waals surface area (Å²) in [6.07, 6.45) is 19.0. The van der Waals surface area contributed by atoms with Crippen LogP contribution in [0.3, 0.4) is 0 Å². The first kappa shape index (κ1) is 85.1. The van der Waals surface area contributed by atoms with Gasteiger partial charge in [-0.15, -0.1) is 0 Å². The van der Waals surface area contributed by atoms with Crippen molar-refractivity contribution in [1.29, 1.82) is 0 Å². The van der Waals surface area contributed by atoms with E-state index in [-0.39, 0.29) is 18.3 Å². The van der Waals surface area contributed by atoms with Gasteiger partial charge in [-0.05, 0) is 125 Å². The van der Waals surface area contributed by atoms with Crippen molar-refractivity contribution in [2.75, 3.05) is 19.8 Å². The molecule has 9 aromatic carbocycles. The van der Waals surface area contributed by atoms with E-state index in [1.165, 1.54) is 50.1 Å². The number of aryl methyl sites for hydroxylation is 6. The van der Waals surface area contributed by atoms with Crippen LogP contribution in [0.1, 0.15) is 100 Å². The number of carbonyl (C=O) groups is 3. The molecule has 3 atom stereocenters.